The van der Waals surface area contributed by atoms with Crippen molar-refractivity contribution in [1.82, 2.24) is 4.90 Å². The van der Waals surface area contributed by atoms with E-state index in [0.717, 1.165) is 43.9 Å². The van der Waals surface area contributed by atoms with Gasteiger partial charge in [-0.1, -0.05) is 42.5 Å². The van der Waals surface area contributed by atoms with Crippen molar-refractivity contribution < 1.29 is 14.6 Å². The average molecular weight is 370 g/mol. The highest BCUT2D eigenvalue weighted by Crippen LogP contribution is 2.18. The molecule has 0 unspecified atom stereocenters. The molecule has 0 amide bonds. The van der Waals surface area contributed by atoms with Crippen LogP contribution in [0.5, 0.6) is 5.75 Å². The molecule has 0 saturated carbocycles. The molecule has 4 heteroatoms. The zero-order valence-corrected chi connectivity index (χ0v) is 16.4. The van der Waals surface area contributed by atoms with E-state index < -0.39 is 6.10 Å². The van der Waals surface area contributed by atoms with Gasteiger partial charge in [-0.15, -0.1) is 0 Å². The van der Waals surface area contributed by atoms with Crippen LogP contribution in [0.2, 0.25) is 0 Å². The molecule has 0 aliphatic carbocycles. The fourth-order valence-corrected chi connectivity index (χ4v) is 3.56. The van der Waals surface area contributed by atoms with Crippen molar-refractivity contribution in [1.29, 1.82) is 0 Å². The minimum atomic E-state index is -0.546. The maximum atomic E-state index is 10.6. The molecule has 1 saturated heterocycles. The number of aliphatic hydroxyl groups excluding tert-OH is 1. The van der Waals surface area contributed by atoms with Crippen LogP contribution in [0.4, 0.5) is 0 Å². The van der Waals surface area contributed by atoms with Crippen LogP contribution in [0, 0.1) is 13.8 Å². The Balaban J connectivity index is 1.59. The predicted octanol–water partition coefficient (Wildman–Crippen LogP) is 3.72. The van der Waals surface area contributed by atoms with Crippen LogP contribution in [0.3, 0.4) is 0 Å². The number of aliphatic hydroxyl groups is 1. The van der Waals surface area contributed by atoms with Crippen molar-refractivity contribution in [3.8, 4) is 5.75 Å². The summed E-state index contributed by atoms with van der Waals surface area (Å²) in [4.78, 5) is 2.30. The summed E-state index contributed by atoms with van der Waals surface area (Å²) in [6.45, 7) is 7.52. The van der Waals surface area contributed by atoms with Crippen molar-refractivity contribution >= 4 is 0 Å². The predicted molar refractivity (Wildman–Crippen MR) is 108 cm³/mol. The molecule has 1 fully saturated rings. The van der Waals surface area contributed by atoms with E-state index in [4.69, 9.17) is 9.47 Å². The second-order valence-corrected chi connectivity index (χ2v) is 7.49. The van der Waals surface area contributed by atoms with Gasteiger partial charge in [-0.25, -0.2) is 0 Å². The van der Waals surface area contributed by atoms with Gasteiger partial charge in [0.05, 0.1) is 6.10 Å². The van der Waals surface area contributed by atoms with Crippen LogP contribution >= 0.6 is 0 Å². The molecule has 2 aromatic carbocycles. The molecule has 0 bridgehead atoms. The van der Waals surface area contributed by atoms with E-state index in [1.807, 2.05) is 31.2 Å². The number of ether oxygens (including phenoxy) is 2. The zero-order valence-electron chi connectivity index (χ0n) is 16.4. The number of rotatable bonds is 9. The third kappa shape index (κ3) is 6.06. The van der Waals surface area contributed by atoms with Gasteiger partial charge in [-0.2, -0.15) is 0 Å². The van der Waals surface area contributed by atoms with Gasteiger partial charge in [0.1, 0.15) is 18.5 Å². The Morgan fingerprint density at radius 3 is 2.56 bits per heavy atom. The molecule has 1 heterocycles. The number of nitrogens with zero attached hydrogens (tertiary/aromatic N) is 1. The molecule has 146 valence electrons. The van der Waals surface area contributed by atoms with Crippen LogP contribution in [-0.4, -0.2) is 48.5 Å². The second-order valence-electron chi connectivity index (χ2n) is 7.49. The van der Waals surface area contributed by atoms with Crippen LogP contribution in [0.15, 0.2) is 48.5 Å². The Hall–Kier alpha value is -1.88. The standard InChI is InChI=1S/C23H31NO3/c1-18-8-3-5-10-20(18)14-24(16-22-11-7-13-26-22)15-21(25)17-27-23-12-6-4-9-19(23)2/h3-6,8-10,12,21-22,25H,7,11,13-17H2,1-2H3/t21-,22+/m1/s1. The first-order valence-electron chi connectivity index (χ1n) is 9.87. The molecule has 0 aromatic heterocycles. The topological polar surface area (TPSA) is 41.9 Å². The maximum Gasteiger partial charge on any atom is 0.122 e. The fourth-order valence-electron chi connectivity index (χ4n) is 3.56. The molecule has 1 aliphatic rings. The minimum absolute atomic E-state index is 0.263. The minimum Gasteiger partial charge on any atom is -0.491 e. The van der Waals surface area contributed by atoms with E-state index in [1.165, 1.54) is 11.1 Å². The summed E-state index contributed by atoms with van der Waals surface area (Å²) in [5.41, 5.74) is 3.66. The summed E-state index contributed by atoms with van der Waals surface area (Å²) in [5.74, 6) is 0.834. The molecule has 0 radical (unpaired) electrons. The highest BCUT2D eigenvalue weighted by molar-refractivity contribution is 5.31. The van der Waals surface area contributed by atoms with Crippen molar-refractivity contribution in [2.24, 2.45) is 0 Å². The van der Waals surface area contributed by atoms with Gasteiger partial charge in [0.25, 0.3) is 0 Å². The van der Waals surface area contributed by atoms with Gasteiger partial charge < -0.3 is 14.6 Å². The van der Waals surface area contributed by atoms with E-state index in [9.17, 15) is 5.11 Å². The zero-order chi connectivity index (χ0) is 19.1. The molecule has 4 nitrogen and oxygen atoms in total. The second kappa shape index (κ2) is 9.88. The third-order valence-corrected chi connectivity index (χ3v) is 5.13. The SMILES string of the molecule is Cc1ccccc1CN(C[C@@H](O)COc1ccccc1C)C[C@@H]1CCCO1. The number of aryl methyl sites for hydroxylation is 2. The lowest BCUT2D eigenvalue weighted by atomic mass is 10.1. The van der Waals surface area contributed by atoms with Crippen LogP contribution < -0.4 is 4.74 Å². The molecule has 1 aliphatic heterocycles. The van der Waals surface area contributed by atoms with Gasteiger partial charge in [0.2, 0.25) is 0 Å². The summed E-state index contributed by atoms with van der Waals surface area (Å²) in [5, 5.41) is 10.6. The first kappa shape index (κ1) is 19.9. The first-order chi connectivity index (χ1) is 13.1. The molecule has 27 heavy (non-hydrogen) atoms. The van der Waals surface area contributed by atoms with E-state index in [0.29, 0.717) is 13.2 Å². The first-order valence-corrected chi connectivity index (χ1v) is 9.87. The maximum absolute atomic E-state index is 10.6. The molecule has 3 rings (SSSR count). The van der Waals surface area contributed by atoms with E-state index in [1.54, 1.807) is 0 Å². The lowest BCUT2D eigenvalue weighted by Gasteiger charge is -2.28. The summed E-state index contributed by atoms with van der Waals surface area (Å²) < 4.78 is 11.7. The molecule has 1 N–H and O–H groups in total. The van der Waals surface area contributed by atoms with Gasteiger partial charge in [0.15, 0.2) is 0 Å². The van der Waals surface area contributed by atoms with Crippen LogP contribution in [-0.2, 0) is 11.3 Å². The monoisotopic (exact) mass is 369 g/mol. The number of hydrogen-bond donors (Lipinski definition) is 1. The third-order valence-electron chi connectivity index (χ3n) is 5.13. The van der Waals surface area contributed by atoms with Crippen molar-refractivity contribution in [3.63, 3.8) is 0 Å². The lowest BCUT2D eigenvalue weighted by molar-refractivity contribution is 0.0312. The van der Waals surface area contributed by atoms with Gasteiger partial charge in [0, 0.05) is 26.2 Å². The van der Waals surface area contributed by atoms with Crippen molar-refractivity contribution in [2.45, 2.75) is 45.4 Å². The van der Waals surface area contributed by atoms with Crippen molar-refractivity contribution in [3.05, 3.63) is 65.2 Å². The van der Waals surface area contributed by atoms with E-state index in [2.05, 4.69) is 36.1 Å². The molecular formula is C23H31NO3. The quantitative estimate of drug-likeness (QED) is 0.731. The number of para-hydroxylation sites is 1. The molecule has 2 aromatic rings. The largest absolute Gasteiger partial charge is 0.491 e. The smallest absolute Gasteiger partial charge is 0.122 e. The Labute approximate surface area is 162 Å². The van der Waals surface area contributed by atoms with Gasteiger partial charge in [-0.05, 0) is 49.4 Å². The summed E-state index contributed by atoms with van der Waals surface area (Å²) in [7, 11) is 0. The lowest BCUT2D eigenvalue weighted by Crippen LogP contribution is -2.39. The highest BCUT2D eigenvalue weighted by Gasteiger charge is 2.22. The normalized spacial score (nSPS) is 18.0. The van der Waals surface area contributed by atoms with Crippen LogP contribution in [0.25, 0.3) is 0 Å². The van der Waals surface area contributed by atoms with Crippen molar-refractivity contribution in [2.75, 3.05) is 26.3 Å². The van der Waals surface area contributed by atoms with E-state index in [-0.39, 0.29) is 6.10 Å². The average Bonchev–Trinajstić information content (AvgIpc) is 3.16. The summed E-state index contributed by atoms with van der Waals surface area (Å²) in [6, 6.07) is 16.3. The van der Waals surface area contributed by atoms with E-state index >= 15 is 0 Å². The summed E-state index contributed by atoms with van der Waals surface area (Å²) >= 11 is 0. The Bertz CT molecular complexity index is 712. The van der Waals surface area contributed by atoms with Gasteiger partial charge in [-0.3, -0.25) is 4.90 Å². The fraction of sp³-hybridized carbons (Fsp3) is 0.478. The Morgan fingerprint density at radius 1 is 1.11 bits per heavy atom. The Kier molecular flexibility index (Phi) is 7.27. The number of benzene rings is 2. The molecule has 2 atom stereocenters. The van der Waals surface area contributed by atoms with Gasteiger partial charge >= 0.3 is 0 Å². The summed E-state index contributed by atoms with van der Waals surface area (Å²) in [6.07, 6.45) is 1.94. The Morgan fingerprint density at radius 2 is 1.85 bits per heavy atom. The molecular weight excluding hydrogens is 338 g/mol. The highest BCUT2D eigenvalue weighted by atomic mass is 16.5. The number of hydrogen-bond acceptors (Lipinski definition) is 4. The van der Waals surface area contributed by atoms with Crippen LogP contribution in [0.1, 0.15) is 29.5 Å². The molecule has 0 spiro atoms.